The molecule has 0 N–H and O–H groups in total. The Morgan fingerprint density at radius 1 is 1.38 bits per heavy atom. The molecule has 1 atom stereocenters. The molecule has 0 amide bonds. The first-order valence-electron chi connectivity index (χ1n) is 5.63. The first-order chi connectivity index (χ1) is 6.30. The summed E-state index contributed by atoms with van der Waals surface area (Å²) in [5, 5.41) is 0. The predicted octanol–water partition coefficient (Wildman–Crippen LogP) is 2.67. The fourth-order valence-electron chi connectivity index (χ4n) is 1.68. The zero-order valence-corrected chi connectivity index (χ0v) is 9.89. The Balaban J connectivity index is 2.19. The van der Waals surface area contributed by atoms with Crippen LogP contribution < -0.4 is 0 Å². The number of nitrogens with zero attached hydrogens (tertiary/aromatic N) is 1. The molecule has 1 aliphatic carbocycles. The Morgan fingerprint density at radius 2 is 2.08 bits per heavy atom. The third-order valence-corrected chi connectivity index (χ3v) is 3.53. The highest BCUT2D eigenvalue weighted by Crippen LogP contribution is 2.29. The van der Waals surface area contributed by atoms with E-state index < -0.39 is 0 Å². The van der Waals surface area contributed by atoms with Crippen LogP contribution in [0.25, 0.3) is 0 Å². The van der Waals surface area contributed by atoms with Crippen molar-refractivity contribution in [1.82, 2.24) is 4.90 Å². The Kier molecular flexibility index (Phi) is 5.18. The summed E-state index contributed by atoms with van der Waals surface area (Å²) in [6, 6.07) is 0. The minimum absolute atomic E-state index is 0.794. The average Bonchev–Trinajstić information content (AvgIpc) is 2.95. The summed E-state index contributed by atoms with van der Waals surface area (Å²) in [5.74, 6) is 2.86. The van der Waals surface area contributed by atoms with Gasteiger partial charge >= 0.3 is 0 Å². The van der Waals surface area contributed by atoms with Gasteiger partial charge in [0.2, 0.25) is 0 Å². The minimum atomic E-state index is 0.794. The summed E-state index contributed by atoms with van der Waals surface area (Å²) < 4.78 is 0. The van der Waals surface area contributed by atoms with Crippen molar-refractivity contribution in [2.75, 3.05) is 25.4 Å². The molecule has 0 aromatic rings. The Morgan fingerprint density at radius 3 is 2.46 bits per heavy atom. The van der Waals surface area contributed by atoms with E-state index in [2.05, 4.69) is 31.4 Å². The molecular formula is C11H23NS. The van der Waals surface area contributed by atoms with E-state index in [1.807, 2.05) is 0 Å². The molecule has 2 heteroatoms. The highest BCUT2D eigenvalue weighted by molar-refractivity contribution is 7.80. The molecule has 0 saturated heterocycles. The minimum Gasteiger partial charge on any atom is -0.303 e. The molecule has 1 nitrogen and oxygen atoms in total. The molecule has 1 saturated carbocycles. The van der Waals surface area contributed by atoms with Crippen LogP contribution in [-0.2, 0) is 0 Å². The van der Waals surface area contributed by atoms with E-state index >= 15 is 0 Å². The summed E-state index contributed by atoms with van der Waals surface area (Å²) in [5.41, 5.74) is 0. The first kappa shape index (κ1) is 11.4. The van der Waals surface area contributed by atoms with E-state index in [-0.39, 0.29) is 0 Å². The van der Waals surface area contributed by atoms with Gasteiger partial charge in [-0.15, -0.1) is 0 Å². The van der Waals surface area contributed by atoms with Crippen LogP contribution in [0.15, 0.2) is 0 Å². The second-order valence-corrected chi connectivity index (χ2v) is 4.62. The fraction of sp³-hybridized carbons (Fsp3) is 1.00. The van der Waals surface area contributed by atoms with Crippen molar-refractivity contribution in [2.45, 2.75) is 33.1 Å². The molecule has 0 aromatic heterocycles. The lowest BCUT2D eigenvalue weighted by molar-refractivity contribution is 0.239. The maximum atomic E-state index is 4.39. The largest absolute Gasteiger partial charge is 0.303 e. The lowest BCUT2D eigenvalue weighted by Crippen LogP contribution is -2.31. The van der Waals surface area contributed by atoms with E-state index in [4.69, 9.17) is 0 Å². The molecule has 1 aliphatic rings. The van der Waals surface area contributed by atoms with Gasteiger partial charge < -0.3 is 4.90 Å². The van der Waals surface area contributed by atoms with Crippen molar-refractivity contribution >= 4 is 12.6 Å². The van der Waals surface area contributed by atoms with Gasteiger partial charge in [0.1, 0.15) is 0 Å². The molecular weight excluding hydrogens is 178 g/mol. The van der Waals surface area contributed by atoms with Crippen LogP contribution in [0.4, 0.5) is 0 Å². The number of hydrogen-bond acceptors (Lipinski definition) is 2. The molecule has 0 radical (unpaired) electrons. The third kappa shape index (κ3) is 4.37. The van der Waals surface area contributed by atoms with Gasteiger partial charge in [0.25, 0.3) is 0 Å². The zero-order valence-electron chi connectivity index (χ0n) is 9.00. The van der Waals surface area contributed by atoms with Gasteiger partial charge in [0.15, 0.2) is 0 Å². The molecule has 0 heterocycles. The molecule has 0 aromatic carbocycles. The summed E-state index contributed by atoms with van der Waals surface area (Å²) in [7, 11) is 0. The van der Waals surface area contributed by atoms with Crippen molar-refractivity contribution in [3.05, 3.63) is 0 Å². The van der Waals surface area contributed by atoms with Crippen molar-refractivity contribution in [3.63, 3.8) is 0 Å². The molecule has 1 unspecified atom stereocenters. The highest BCUT2D eigenvalue weighted by Gasteiger charge is 2.24. The Bertz CT molecular complexity index is 130. The van der Waals surface area contributed by atoms with Crippen LogP contribution in [0.5, 0.6) is 0 Å². The van der Waals surface area contributed by atoms with Gasteiger partial charge in [0, 0.05) is 13.1 Å². The maximum Gasteiger partial charge on any atom is 0.00174 e. The summed E-state index contributed by atoms with van der Waals surface area (Å²) in [6.07, 6.45) is 4.20. The van der Waals surface area contributed by atoms with E-state index in [0.717, 1.165) is 17.6 Å². The van der Waals surface area contributed by atoms with Crippen molar-refractivity contribution in [3.8, 4) is 0 Å². The lowest BCUT2D eigenvalue weighted by atomic mass is 10.1. The van der Waals surface area contributed by atoms with E-state index in [0.29, 0.717) is 0 Å². The molecule has 13 heavy (non-hydrogen) atoms. The zero-order chi connectivity index (χ0) is 9.68. The monoisotopic (exact) mass is 201 g/mol. The molecule has 1 rings (SSSR count). The average molecular weight is 201 g/mol. The van der Waals surface area contributed by atoms with Gasteiger partial charge in [0.05, 0.1) is 0 Å². The van der Waals surface area contributed by atoms with Crippen LogP contribution in [0.1, 0.15) is 33.1 Å². The smallest absolute Gasteiger partial charge is 0.00174 e. The Labute approximate surface area is 88.3 Å². The molecule has 0 aliphatic heterocycles. The topological polar surface area (TPSA) is 3.24 Å². The lowest BCUT2D eigenvalue weighted by Gasteiger charge is -2.24. The summed E-state index contributed by atoms with van der Waals surface area (Å²) in [6.45, 7) is 8.34. The van der Waals surface area contributed by atoms with E-state index in [9.17, 15) is 0 Å². The number of thiol groups is 1. The summed E-state index contributed by atoms with van der Waals surface area (Å²) >= 11 is 4.39. The fourth-order valence-corrected chi connectivity index (χ4v) is 2.05. The van der Waals surface area contributed by atoms with Crippen LogP contribution in [-0.4, -0.2) is 30.3 Å². The van der Waals surface area contributed by atoms with Crippen LogP contribution in [0.3, 0.4) is 0 Å². The van der Waals surface area contributed by atoms with Crippen LogP contribution in [0, 0.1) is 11.8 Å². The maximum absolute atomic E-state index is 4.39. The van der Waals surface area contributed by atoms with Gasteiger partial charge in [-0.1, -0.05) is 20.3 Å². The SMILES string of the molecule is CCC(CS)CN(CC)CC1CC1. The van der Waals surface area contributed by atoms with E-state index in [1.54, 1.807) is 0 Å². The standard InChI is InChI=1S/C11H23NS/c1-3-10(9-13)7-12(4-2)8-11-5-6-11/h10-11,13H,3-9H2,1-2H3. The van der Waals surface area contributed by atoms with Gasteiger partial charge in [-0.2, -0.15) is 12.6 Å². The van der Waals surface area contributed by atoms with Crippen LogP contribution in [0.2, 0.25) is 0 Å². The number of rotatable bonds is 7. The molecule has 1 fully saturated rings. The van der Waals surface area contributed by atoms with Crippen molar-refractivity contribution < 1.29 is 0 Å². The second kappa shape index (κ2) is 5.92. The van der Waals surface area contributed by atoms with Gasteiger partial charge in [-0.25, -0.2) is 0 Å². The van der Waals surface area contributed by atoms with Gasteiger partial charge in [-0.05, 0) is 37.0 Å². The Hall–Kier alpha value is 0.310. The molecule has 0 bridgehead atoms. The third-order valence-electron chi connectivity index (χ3n) is 3.01. The second-order valence-electron chi connectivity index (χ2n) is 4.25. The van der Waals surface area contributed by atoms with Crippen molar-refractivity contribution in [2.24, 2.45) is 11.8 Å². The van der Waals surface area contributed by atoms with E-state index in [1.165, 1.54) is 38.9 Å². The molecule has 0 spiro atoms. The van der Waals surface area contributed by atoms with Crippen molar-refractivity contribution in [1.29, 1.82) is 0 Å². The quantitative estimate of drug-likeness (QED) is 0.620. The predicted molar refractivity (Wildman–Crippen MR) is 62.5 cm³/mol. The van der Waals surface area contributed by atoms with Crippen LogP contribution >= 0.6 is 12.6 Å². The normalized spacial score (nSPS) is 19.4. The first-order valence-corrected chi connectivity index (χ1v) is 6.26. The highest BCUT2D eigenvalue weighted by atomic mass is 32.1. The molecule has 78 valence electrons. The van der Waals surface area contributed by atoms with Gasteiger partial charge in [-0.3, -0.25) is 0 Å². The summed E-state index contributed by atoms with van der Waals surface area (Å²) in [4.78, 5) is 2.60. The number of hydrogen-bond donors (Lipinski definition) is 1.